The van der Waals surface area contributed by atoms with Crippen LogP contribution in [0.4, 0.5) is 0 Å². The standard InChI is InChI=1S/C52H68N8O8/c1-9-59-43-17-16-33-25-38(43)39(46(59)37-14-10-18-53-44(37)31(4)67-8)26-52(5,6)29-68-51(66)40-15-12-20-60(56-40)50(65)41(23-32-21-35(33)24-36(61)22-32)55-47(62)45(30(2)3)57(7)48(63)34-13-11-19-58(28-34)49(64)42-27-54-42/h10,14,16-18,21-22,24-25,30-31,34,40-42,45,54,56,61H,9,11-13,15,19-20,23,26-29H2,1-8H3,(H,55,62)/t31-,34+,40-,41-,42-,45?/m0/s1. The van der Waals surface area contributed by atoms with Crippen molar-refractivity contribution < 1.29 is 38.6 Å². The molecule has 4 N–H and O–H groups in total. The first-order chi connectivity index (χ1) is 32.5. The molecule has 2 aromatic carbocycles. The van der Waals surface area contributed by atoms with E-state index in [1.54, 1.807) is 37.4 Å². The zero-order chi connectivity index (χ0) is 48.6. The number of nitrogens with one attached hydrogen (secondary N) is 3. The lowest BCUT2D eigenvalue weighted by atomic mass is 9.84. The van der Waals surface area contributed by atoms with Crippen LogP contribution in [0.2, 0.25) is 0 Å². The van der Waals surface area contributed by atoms with Crippen molar-refractivity contribution in [2.75, 3.05) is 46.9 Å². The van der Waals surface area contributed by atoms with Gasteiger partial charge in [0.2, 0.25) is 17.7 Å². The largest absolute Gasteiger partial charge is 0.508 e. The highest BCUT2D eigenvalue weighted by molar-refractivity contribution is 5.96. The first-order valence-electron chi connectivity index (χ1n) is 24.3. The number of methoxy groups -OCH3 is 1. The Labute approximate surface area is 399 Å². The molecule has 4 amide bonds. The second kappa shape index (κ2) is 20.0. The number of aryl methyl sites for hydroxylation is 1. The summed E-state index contributed by atoms with van der Waals surface area (Å²) in [5, 5.41) is 19.8. The minimum atomic E-state index is -1.16. The highest BCUT2D eigenvalue weighted by Gasteiger charge is 2.41. The van der Waals surface area contributed by atoms with Gasteiger partial charge >= 0.3 is 5.97 Å². The van der Waals surface area contributed by atoms with E-state index in [4.69, 9.17) is 14.5 Å². The number of cyclic esters (lactones) is 1. The van der Waals surface area contributed by atoms with E-state index in [-0.39, 0.29) is 61.7 Å². The van der Waals surface area contributed by atoms with Gasteiger partial charge in [-0.2, -0.15) is 0 Å². The summed E-state index contributed by atoms with van der Waals surface area (Å²) >= 11 is 0. The van der Waals surface area contributed by atoms with Crippen LogP contribution in [0.1, 0.15) is 90.2 Å². The van der Waals surface area contributed by atoms with E-state index in [9.17, 15) is 29.1 Å². The van der Waals surface area contributed by atoms with Crippen molar-refractivity contribution in [3.63, 3.8) is 0 Å². The highest BCUT2D eigenvalue weighted by atomic mass is 16.5. The van der Waals surface area contributed by atoms with Gasteiger partial charge in [0.1, 0.15) is 23.9 Å². The molecule has 1 unspecified atom stereocenters. The molecule has 16 heteroatoms. The maximum atomic E-state index is 14.8. The number of benzene rings is 2. The molecule has 364 valence electrons. The number of aromatic nitrogens is 2. The Morgan fingerprint density at radius 3 is 2.53 bits per heavy atom. The average molecular weight is 933 g/mol. The summed E-state index contributed by atoms with van der Waals surface area (Å²) in [5.41, 5.74) is 9.58. The number of phenolic OH excluding ortho intramolecular Hbond substituents is 1. The Kier molecular flexibility index (Phi) is 14.3. The molecule has 6 bridgehead atoms. The molecule has 0 aliphatic carbocycles. The number of nitrogens with zero attached hydrogens (tertiary/aromatic N) is 5. The van der Waals surface area contributed by atoms with Gasteiger partial charge in [0.15, 0.2) is 0 Å². The first kappa shape index (κ1) is 48.6. The molecule has 16 nitrogen and oxygen atoms in total. The second-order valence-corrected chi connectivity index (χ2v) is 20.3. The number of hydrogen-bond acceptors (Lipinski definition) is 11. The number of aromatic hydroxyl groups is 1. The lowest BCUT2D eigenvalue weighted by Gasteiger charge is -2.38. The molecular weight excluding hydrogens is 865 g/mol. The quantitative estimate of drug-likeness (QED) is 0.121. The number of ether oxygens (including phenoxy) is 2. The van der Waals surface area contributed by atoms with Crippen LogP contribution in [-0.2, 0) is 52.8 Å². The molecule has 68 heavy (non-hydrogen) atoms. The third-order valence-electron chi connectivity index (χ3n) is 14.1. The van der Waals surface area contributed by atoms with Gasteiger partial charge in [0.25, 0.3) is 5.91 Å². The molecule has 0 saturated carbocycles. The third-order valence-corrected chi connectivity index (χ3v) is 14.1. The number of amides is 4. The lowest BCUT2D eigenvalue weighted by Crippen LogP contribution is -2.62. The summed E-state index contributed by atoms with van der Waals surface area (Å²) < 4.78 is 14.2. The summed E-state index contributed by atoms with van der Waals surface area (Å²) in [5.74, 6) is -2.51. The number of hydrogen-bond donors (Lipinski definition) is 4. The molecule has 2 aromatic heterocycles. The van der Waals surface area contributed by atoms with E-state index >= 15 is 0 Å². The number of hydrazine groups is 1. The van der Waals surface area contributed by atoms with Gasteiger partial charge in [0, 0.05) is 81.4 Å². The number of likely N-dealkylation sites (N-methyl/N-ethyl adjacent to an activating group) is 1. The molecule has 6 atom stereocenters. The van der Waals surface area contributed by atoms with Gasteiger partial charge in [-0.05, 0) is 111 Å². The first-order valence-corrected chi connectivity index (χ1v) is 24.3. The van der Waals surface area contributed by atoms with Crippen LogP contribution in [0, 0.1) is 17.3 Å². The van der Waals surface area contributed by atoms with Crippen LogP contribution in [0.5, 0.6) is 5.75 Å². The zero-order valence-corrected chi connectivity index (χ0v) is 40.8. The molecule has 0 radical (unpaired) electrons. The van der Waals surface area contributed by atoms with Crippen molar-refractivity contribution in [1.29, 1.82) is 0 Å². The number of phenols is 1. The summed E-state index contributed by atoms with van der Waals surface area (Å²) in [7, 11) is 3.29. The monoisotopic (exact) mass is 933 g/mol. The van der Waals surface area contributed by atoms with Crippen LogP contribution < -0.4 is 16.1 Å². The van der Waals surface area contributed by atoms with Gasteiger partial charge in [-0.15, -0.1) is 0 Å². The predicted molar refractivity (Wildman–Crippen MR) is 258 cm³/mol. The zero-order valence-electron chi connectivity index (χ0n) is 40.8. The van der Waals surface area contributed by atoms with Gasteiger partial charge in [-0.3, -0.25) is 34.0 Å². The van der Waals surface area contributed by atoms with E-state index in [0.29, 0.717) is 57.3 Å². The Morgan fingerprint density at radius 2 is 1.81 bits per heavy atom. The van der Waals surface area contributed by atoms with Crippen LogP contribution in [0.3, 0.4) is 0 Å². The Hall–Kier alpha value is -5.84. The number of carbonyl (C=O) groups excluding carboxylic acids is 5. The number of likely N-dealkylation sites (tertiary alicyclic amines) is 1. The Morgan fingerprint density at radius 1 is 1.04 bits per heavy atom. The van der Waals surface area contributed by atoms with Crippen molar-refractivity contribution in [2.24, 2.45) is 17.3 Å². The van der Waals surface area contributed by atoms with Gasteiger partial charge in [-0.1, -0.05) is 39.8 Å². The summed E-state index contributed by atoms with van der Waals surface area (Å²) in [4.78, 5) is 78.5. The molecule has 4 aromatic rings. The number of carbonyl (C=O) groups is 5. The van der Waals surface area contributed by atoms with Crippen molar-refractivity contribution in [1.82, 2.24) is 40.4 Å². The van der Waals surface area contributed by atoms with E-state index in [0.717, 1.165) is 44.5 Å². The second-order valence-electron chi connectivity index (χ2n) is 20.3. The Balaban J connectivity index is 1.18. The van der Waals surface area contributed by atoms with Crippen molar-refractivity contribution in [3.8, 4) is 28.1 Å². The topological polar surface area (TPSA) is 198 Å². The molecule has 4 aliphatic rings. The molecule has 0 spiro atoms. The predicted octanol–water partition coefficient (Wildman–Crippen LogP) is 5.15. The summed E-state index contributed by atoms with van der Waals surface area (Å²) in [6.07, 6.45) is 4.26. The van der Waals surface area contributed by atoms with Crippen molar-refractivity contribution in [3.05, 3.63) is 71.5 Å². The molecular formula is C52H68N8O8. The molecule has 3 saturated heterocycles. The molecule has 3 fully saturated rings. The van der Waals surface area contributed by atoms with Crippen LogP contribution in [-0.4, -0.2) is 130 Å². The maximum Gasteiger partial charge on any atom is 0.324 e. The van der Waals surface area contributed by atoms with E-state index in [1.165, 1.54) is 9.91 Å². The van der Waals surface area contributed by atoms with E-state index in [1.807, 2.05) is 39.0 Å². The average Bonchev–Trinajstić information content (AvgIpc) is 4.14. The van der Waals surface area contributed by atoms with Gasteiger partial charge in [0.05, 0.1) is 36.1 Å². The number of rotatable bonds is 10. The number of piperidine rings is 1. The smallest absolute Gasteiger partial charge is 0.324 e. The minimum Gasteiger partial charge on any atom is -0.508 e. The fourth-order valence-electron chi connectivity index (χ4n) is 10.5. The van der Waals surface area contributed by atoms with Crippen molar-refractivity contribution in [2.45, 2.75) is 117 Å². The summed E-state index contributed by atoms with van der Waals surface area (Å²) in [6.45, 7) is 14.5. The molecule has 4 aliphatic heterocycles. The van der Waals surface area contributed by atoms with Gasteiger partial charge < -0.3 is 39.6 Å². The van der Waals surface area contributed by atoms with E-state index in [2.05, 4.69) is 59.6 Å². The van der Waals surface area contributed by atoms with Gasteiger partial charge in [-0.25, -0.2) is 5.43 Å². The number of pyridine rings is 1. The van der Waals surface area contributed by atoms with E-state index < -0.39 is 47.2 Å². The summed E-state index contributed by atoms with van der Waals surface area (Å²) in [6, 6.07) is 12.4. The normalized spacial score (nSPS) is 22.8. The minimum absolute atomic E-state index is 0.00368. The third kappa shape index (κ3) is 10.1. The van der Waals surface area contributed by atoms with Crippen LogP contribution in [0.15, 0.2) is 54.7 Å². The van der Waals surface area contributed by atoms with Crippen molar-refractivity contribution >= 4 is 40.5 Å². The lowest BCUT2D eigenvalue weighted by molar-refractivity contribution is -0.155. The fourth-order valence-corrected chi connectivity index (χ4v) is 10.5. The van der Waals surface area contributed by atoms with Crippen LogP contribution >= 0.6 is 0 Å². The van der Waals surface area contributed by atoms with Crippen LogP contribution in [0.25, 0.3) is 33.3 Å². The molecule has 8 rings (SSSR count). The highest BCUT2D eigenvalue weighted by Crippen LogP contribution is 2.42. The Bertz CT molecular complexity index is 2570. The maximum absolute atomic E-state index is 14.8. The number of fused-ring (bicyclic) bond motifs is 6. The number of esters is 1. The SMILES string of the molecule is CCn1c(-c2cccnc2[C@H](C)OC)c2c3cc(ccc31)-c1cc(O)cc(c1)C[C@H](NC(=O)C(C(C)C)N(C)C(=O)[C@@H]1CCCN(C(=O)[C@@H]3CN3)C1)C(=O)N1CCC[C@H](N1)C(=O)OCC(C)(C)C2. The molecule has 6 heterocycles. The fraction of sp³-hybridized carbons (Fsp3) is 0.538.